The highest BCUT2D eigenvalue weighted by atomic mass is 19.1. The molecule has 1 amide bonds. The van der Waals surface area contributed by atoms with Gasteiger partial charge in [-0.15, -0.1) is 10.2 Å². The van der Waals surface area contributed by atoms with E-state index in [0.29, 0.717) is 18.1 Å². The van der Waals surface area contributed by atoms with Gasteiger partial charge in [0.2, 0.25) is 5.91 Å². The third-order valence-corrected chi connectivity index (χ3v) is 6.18. The average molecular weight is 475 g/mol. The van der Waals surface area contributed by atoms with Crippen molar-refractivity contribution in [2.45, 2.75) is 19.4 Å². The lowest BCUT2D eigenvalue weighted by Crippen LogP contribution is -2.40. The zero-order valence-corrected chi connectivity index (χ0v) is 20.2. The molecule has 8 heteroatoms. The molecule has 0 bridgehead atoms. The van der Waals surface area contributed by atoms with Crippen molar-refractivity contribution in [3.8, 4) is 0 Å². The molecule has 1 aromatic heterocycles. The maximum atomic E-state index is 13.5. The first-order valence-electron chi connectivity index (χ1n) is 11.7. The summed E-state index contributed by atoms with van der Waals surface area (Å²) in [5.41, 5.74) is 4.24. The molecule has 0 spiro atoms. The number of benzene rings is 2. The predicted octanol–water partition coefficient (Wildman–Crippen LogP) is 4.92. The number of nitrogens with zero attached hydrogens (tertiary/aromatic N) is 4. The third-order valence-electron chi connectivity index (χ3n) is 6.18. The SMILES string of the molecule is C=Cc1nnc(Nc2ccc(N3CCC(C(=O)N(C)C)CC3)cc2)cc1NCc1cccc(F)c1. The van der Waals surface area contributed by atoms with Crippen molar-refractivity contribution >= 4 is 34.9 Å². The van der Waals surface area contributed by atoms with Crippen molar-refractivity contribution in [1.82, 2.24) is 15.1 Å². The molecule has 4 rings (SSSR count). The van der Waals surface area contributed by atoms with Gasteiger partial charge in [0, 0.05) is 57.1 Å². The molecule has 2 N–H and O–H groups in total. The summed E-state index contributed by atoms with van der Waals surface area (Å²) in [5, 5.41) is 15.1. The molecule has 7 nitrogen and oxygen atoms in total. The van der Waals surface area contributed by atoms with Gasteiger partial charge in [0.05, 0.1) is 5.69 Å². The summed E-state index contributed by atoms with van der Waals surface area (Å²) in [6.07, 6.45) is 3.37. The summed E-state index contributed by atoms with van der Waals surface area (Å²) < 4.78 is 13.5. The molecule has 0 radical (unpaired) electrons. The number of halogens is 1. The zero-order valence-electron chi connectivity index (χ0n) is 20.2. The Morgan fingerprint density at radius 3 is 2.54 bits per heavy atom. The van der Waals surface area contributed by atoms with Gasteiger partial charge in [0.25, 0.3) is 0 Å². The average Bonchev–Trinajstić information content (AvgIpc) is 2.88. The standard InChI is InChI=1S/C27H31FN6O/c1-4-24-25(29-18-19-6-5-7-21(28)16-19)17-26(32-31-24)30-22-8-10-23(11-9-22)34-14-12-20(13-15-34)27(35)33(2)3/h4-11,16-17,20H,1,12-15,18H2,2-3H3,(H2,29,30,32). The van der Waals surface area contributed by atoms with E-state index in [0.717, 1.165) is 48.6 Å². The van der Waals surface area contributed by atoms with Crippen molar-refractivity contribution in [2.24, 2.45) is 5.92 Å². The second kappa shape index (κ2) is 11.0. The first-order valence-corrected chi connectivity index (χ1v) is 11.7. The van der Waals surface area contributed by atoms with Crippen LogP contribution in [0.1, 0.15) is 24.1 Å². The van der Waals surface area contributed by atoms with Gasteiger partial charge < -0.3 is 20.4 Å². The monoisotopic (exact) mass is 474 g/mol. The quantitative estimate of drug-likeness (QED) is 0.483. The van der Waals surface area contributed by atoms with Crippen molar-refractivity contribution in [3.05, 3.63) is 78.3 Å². The molecule has 1 aliphatic heterocycles. The molecule has 0 unspecified atom stereocenters. The first kappa shape index (κ1) is 24.2. The van der Waals surface area contributed by atoms with Gasteiger partial charge in [-0.2, -0.15) is 0 Å². The number of carbonyl (C=O) groups excluding carboxylic acids is 1. The second-order valence-corrected chi connectivity index (χ2v) is 8.88. The van der Waals surface area contributed by atoms with E-state index in [1.54, 1.807) is 17.0 Å². The predicted molar refractivity (Wildman–Crippen MR) is 139 cm³/mol. The molecule has 0 atom stereocenters. The summed E-state index contributed by atoms with van der Waals surface area (Å²) in [4.78, 5) is 16.2. The Bertz CT molecular complexity index is 1170. The molecule has 1 saturated heterocycles. The highest BCUT2D eigenvalue weighted by molar-refractivity contribution is 5.78. The molecule has 182 valence electrons. The number of aromatic nitrogens is 2. The first-order chi connectivity index (χ1) is 16.9. The number of hydrogen-bond acceptors (Lipinski definition) is 6. The van der Waals surface area contributed by atoms with Gasteiger partial charge in [-0.3, -0.25) is 4.79 Å². The van der Waals surface area contributed by atoms with E-state index >= 15 is 0 Å². The molecule has 2 aromatic carbocycles. The molecular formula is C27H31FN6O. The van der Waals surface area contributed by atoms with Crippen LogP contribution in [0.5, 0.6) is 0 Å². The Morgan fingerprint density at radius 1 is 1.14 bits per heavy atom. The van der Waals surface area contributed by atoms with E-state index < -0.39 is 0 Å². The molecule has 0 saturated carbocycles. The van der Waals surface area contributed by atoms with Crippen LogP contribution in [0.15, 0.2) is 61.2 Å². The van der Waals surface area contributed by atoms with Gasteiger partial charge >= 0.3 is 0 Å². The van der Waals surface area contributed by atoms with Crippen LogP contribution >= 0.6 is 0 Å². The Kier molecular flexibility index (Phi) is 7.60. The van der Waals surface area contributed by atoms with Crippen LogP contribution in [0.4, 0.5) is 27.3 Å². The number of piperidine rings is 1. The molecular weight excluding hydrogens is 443 g/mol. The van der Waals surface area contributed by atoms with Crippen LogP contribution in [0.25, 0.3) is 6.08 Å². The van der Waals surface area contributed by atoms with Gasteiger partial charge in [-0.25, -0.2) is 4.39 Å². The Labute approximate surface area is 205 Å². The summed E-state index contributed by atoms with van der Waals surface area (Å²) in [7, 11) is 3.64. The van der Waals surface area contributed by atoms with Crippen LogP contribution in [-0.2, 0) is 11.3 Å². The van der Waals surface area contributed by atoms with Crippen LogP contribution in [0.3, 0.4) is 0 Å². The highest BCUT2D eigenvalue weighted by Gasteiger charge is 2.26. The molecule has 35 heavy (non-hydrogen) atoms. The number of carbonyl (C=O) groups is 1. The van der Waals surface area contributed by atoms with Gasteiger partial charge in [0.15, 0.2) is 5.82 Å². The number of amides is 1. The molecule has 3 aromatic rings. The van der Waals surface area contributed by atoms with E-state index in [2.05, 4.69) is 44.4 Å². The van der Waals surface area contributed by atoms with Crippen molar-refractivity contribution < 1.29 is 9.18 Å². The minimum atomic E-state index is -0.265. The fourth-order valence-electron chi connectivity index (χ4n) is 4.25. The molecule has 2 heterocycles. The summed E-state index contributed by atoms with van der Waals surface area (Å²) in [6.45, 7) is 5.99. The number of hydrogen-bond donors (Lipinski definition) is 2. The number of nitrogens with one attached hydrogen (secondary N) is 2. The topological polar surface area (TPSA) is 73.4 Å². The van der Waals surface area contributed by atoms with Crippen molar-refractivity contribution in [2.75, 3.05) is 42.7 Å². The highest BCUT2D eigenvalue weighted by Crippen LogP contribution is 2.27. The number of anilines is 4. The second-order valence-electron chi connectivity index (χ2n) is 8.88. The lowest BCUT2D eigenvalue weighted by Gasteiger charge is -2.34. The van der Waals surface area contributed by atoms with Crippen LogP contribution in [-0.4, -0.2) is 48.2 Å². The van der Waals surface area contributed by atoms with E-state index in [-0.39, 0.29) is 17.6 Å². The normalized spacial score (nSPS) is 13.9. The van der Waals surface area contributed by atoms with E-state index in [1.165, 1.54) is 12.1 Å². The summed E-state index contributed by atoms with van der Waals surface area (Å²) >= 11 is 0. The fraction of sp³-hybridized carbons (Fsp3) is 0.296. The van der Waals surface area contributed by atoms with Crippen LogP contribution < -0.4 is 15.5 Å². The minimum absolute atomic E-state index is 0.114. The fourth-order valence-corrected chi connectivity index (χ4v) is 4.25. The lowest BCUT2D eigenvalue weighted by atomic mass is 9.95. The van der Waals surface area contributed by atoms with Crippen molar-refractivity contribution in [3.63, 3.8) is 0 Å². The molecule has 1 aliphatic rings. The zero-order chi connectivity index (χ0) is 24.8. The van der Waals surface area contributed by atoms with Crippen LogP contribution in [0.2, 0.25) is 0 Å². The Morgan fingerprint density at radius 2 is 1.89 bits per heavy atom. The van der Waals surface area contributed by atoms with E-state index in [9.17, 15) is 9.18 Å². The van der Waals surface area contributed by atoms with E-state index in [1.807, 2.05) is 38.4 Å². The molecule has 1 fully saturated rings. The van der Waals surface area contributed by atoms with Gasteiger partial charge in [0.1, 0.15) is 11.5 Å². The van der Waals surface area contributed by atoms with Crippen LogP contribution in [0, 0.1) is 11.7 Å². The van der Waals surface area contributed by atoms with E-state index in [4.69, 9.17) is 0 Å². The van der Waals surface area contributed by atoms with Gasteiger partial charge in [-0.05, 0) is 60.9 Å². The summed E-state index contributed by atoms with van der Waals surface area (Å²) in [5.74, 6) is 0.659. The lowest BCUT2D eigenvalue weighted by molar-refractivity contribution is -0.133. The molecule has 0 aliphatic carbocycles. The number of rotatable bonds is 8. The Balaban J connectivity index is 1.38. The Hall–Kier alpha value is -3.94. The maximum Gasteiger partial charge on any atom is 0.225 e. The smallest absolute Gasteiger partial charge is 0.225 e. The largest absolute Gasteiger partial charge is 0.379 e. The maximum absolute atomic E-state index is 13.5. The minimum Gasteiger partial charge on any atom is -0.379 e. The third kappa shape index (κ3) is 6.15. The summed E-state index contributed by atoms with van der Waals surface area (Å²) in [6, 6.07) is 16.5. The van der Waals surface area contributed by atoms with Gasteiger partial charge in [-0.1, -0.05) is 18.7 Å². The van der Waals surface area contributed by atoms with Crippen molar-refractivity contribution in [1.29, 1.82) is 0 Å².